The highest BCUT2D eigenvalue weighted by Crippen LogP contribution is 2.47. The van der Waals surface area contributed by atoms with E-state index in [4.69, 9.17) is 0 Å². The number of aromatic amines is 1. The second kappa shape index (κ2) is 5.69. The van der Waals surface area contributed by atoms with Crippen molar-refractivity contribution in [3.05, 3.63) is 33.7 Å². The van der Waals surface area contributed by atoms with E-state index in [-0.39, 0.29) is 12.2 Å². The van der Waals surface area contributed by atoms with Gasteiger partial charge < -0.3 is 10.1 Å². The quantitative estimate of drug-likeness (QED) is 0.805. The van der Waals surface area contributed by atoms with Crippen molar-refractivity contribution in [1.82, 2.24) is 4.98 Å². The molecular formula is C17H19BrFNO2. The van der Waals surface area contributed by atoms with E-state index in [1.54, 1.807) is 6.07 Å². The molecule has 0 amide bonds. The standard InChI is InChI=1S/C17H19BrFNO2/c1-2-7-17(9-13(21)22)8-3-4-10-14-11(18)5-6-12(19)15(14)20-16(10)17/h5-6,20H,2-4,7-9H2,1H3,(H,21,22). The fourth-order valence-electron chi connectivity index (χ4n) is 4.01. The second-order valence-corrected chi connectivity index (χ2v) is 7.07. The molecule has 2 aromatic rings. The molecule has 5 heteroatoms. The van der Waals surface area contributed by atoms with Gasteiger partial charge in [0.15, 0.2) is 0 Å². The molecule has 0 fully saturated rings. The lowest BCUT2D eigenvalue weighted by Gasteiger charge is -2.36. The molecule has 0 aliphatic heterocycles. The maximum absolute atomic E-state index is 14.2. The number of H-pyrrole nitrogens is 1. The normalized spacial score (nSPS) is 21.0. The smallest absolute Gasteiger partial charge is 0.304 e. The van der Waals surface area contributed by atoms with Crippen LogP contribution < -0.4 is 0 Å². The largest absolute Gasteiger partial charge is 0.481 e. The Labute approximate surface area is 137 Å². The Morgan fingerprint density at radius 1 is 1.50 bits per heavy atom. The van der Waals surface area contributed by atoms with Crippen molar-refractivity contribution in [3.63, 3.8) is 0 Å². The molecule has 1 aromatic carbocycles. The SMILES string of the molecule is CCCC1(CC(=O)O)CCCc2c1[nH]c1c(F)ccc(Br)c21. The first-order valence-corrected chi connectivity index (χ1v) is 8.48. The summed E-state index contributed by atoms with van der Waals surface area (Å²) < 4.78 is 15.0. The van der Waals surface area contributed by atoms with Gasteiger partial charge in [0.25, 0.3) is 0 Å². The Morgan fingerprint density at radius 3 is 2.95 bits per heavy atom. The average molecular weight is 368 g/mol. The number of nitrogens with one attached hydrogen (secondary N) is 1. The minimum Gasteiger partial charge on any atom is -0.481 e. The van der Waals surface area contributed by atoms with Gasteiger partial charge in [-0.2, -0.15) is 0 Å². The van der Waals surface area contributed by atoms with Crippen LogP contribution in [0.1, 0.15) is 50.3 Å². The average Bonchev–Trinajstić information content (AvgIpc) is 2.85. The topological polar surface area (TPSA) is 53.1 Å². The molecule has 2 N–H and O–H groups in total. The number of fused-ring (bicyclic) bond motifs is 3. The molecule has 0 spiro atoms. The number of benzene rings is 1. The van der Waals surface area contributed by atoms with E-state index in [1.165, 1.54) is 6.07 Å². The number of carboxylic acids is 1. The van der Waals surface area contributed by atoms with Crippen LogP contribution in [-0.2, 0) is 16.6 Å². The molecule has 118 valence electrons. The molecule has 22 heavy (non-hydrogen) atoms. The van der Waals surface area contributed by atoms with Gasteiger partial charge in [0.2, 0.25) is 0 Å². The van der Waals surface area contributed by atoms with Crippen molar-refractivity contribution in [2.75, 3.05) is 0 Å². The van der Waals surface area contributed by atoms with E-state index < -0.39 is 11.4 Å². The van der Waals surface area contributed by atoms with Crippen molar-refractivity contribution in [1.29, 1.82) is 0 Å². The van der Waals surface area contributed by atoms with Crippen molar-refractivity contribution in [3.8, 4) is 0 Å². The van der Waals surface area contributed by atoms with Crippen LogP contribution in [0.25, 0.3) is 10.9 Å². The Kier molecular flexibility index (Phi) is 4.02. The van der Waals surface area contributed by atoms with E-state index in [9.17, 15) is 14.3 Å². The summed E-state index contributed by atoms with van der Waals surface area (Å²) in [5.41, 5.74) is 2.11. The van der Waals surface area contributed by atoms with Crippen LogP contribution in [0.5, 0.6) is 0 Å². The van der Waals surface area contributed by atoms with Gasteiger partial charge in [-0.3, -0.25) is 4.79 Å². The van der Waals surface area contributed by atoms with Crippen LogP contribution in [0.15, 0.2) is 16.6 Å². The monoisotopic (exact) mass is 367 g/mol. The lowest BCUT2D eigenvalue weighted by atomic mass is 9.68. The molecular weight excluding hydrogens is 349 g/mol. The molecule has 1 aliphatic carbocycles. The van der Waals surface area contributed by atoms with Gasteiger partial charge in [-0.15, -0.1) is 0 Å². The number of halogens is 2. The number of aryl methyl sites for hydroxylation is 1. The zero-order chi connectivity index (χ0) is 15.9. The molecule has 1 aromatic heterocycles. The highest BCUT2D eigenvalue weighted by atomic mass is 79.9. The third-order valence-electron chi connectivity index (χ3n) is 4.79. The summed E-state index contributed by atoms with van der Waals surface area (Å²) in [4.78, 5) is 14.6. The van der Waals surface area contributed by atoms with Crippen LogP contribution in [-0.4, -0.2) is 16.1 Å². The maximum atomic E-state index is 14.2. The molecule has 0 saturated heterocycles. The van der Waals surface area contributed by atoms with Gasteiger partial charge >= 0.3 is 5.97 Å². The third kappa shape index (κ3) is 2.35. The van der Waals surface area contributed by atoms with Crippen molar-refractivity contribution >= 4 is 32.8 Å². The Hall–Kier alpha value is -1.36. The summed E-state index contributed by atoms with van der Waals surface area (Å²) in [6, 6.07) is 3.16. The Balaban J connectivity index is 2.27. The number of carbonyl (C=O) groups is 1. The zero-order valence-electron chi connectivity index (χ0n) is 12.5. The molecule has 1 unspecified atom stereocenters. The van der Waals surface area contributed by atoms with Gasteiger partial charge in [-0.1, -0.05) is 29.3 Å². The molecule has 0 radical (unpaired) electrons. The summed E-state index contributed by atoms with van der Waals surface area (Å²) in [6.45, 7) is 2.07. The van der Waals surface area contributed by atoms with E-state index in [1.807, 2.05) is 0 Å². The van der Waals surface area contributed by atoms with E-state index in [0.717, 1.165) is 53.2 Å². The summed E-state index contributed by atoms with van der Waals surface area (Å²) in [5, 5.41) is 10.2. The first-order chi connectivity index (χ1) is 10.5. The number of aromatic nitrogens is 1. The maximum Gasteiger partial charge on any atom is 0.304 e. The van der Waals surface area contributed by atoms with Crippen molar-refractivity contribution in [2.24, 2.45) is 0 Å². The molecule has 1 aliphatic rings. The lowest BCUT2D eigenvalue weighted by molar-refractivity contribution is -0.138. The number of carboxylic acid groups (broad SMARTS) is 1. The number of hydrogen-bond donors (Lipinski definition) is 2. The van der Waals surface area contributed by atoms with Crippen LogP contribution >= 0.6 is 15.9 Å². The second-order valence-electron chi connectivity index (χ2n) is 6.21. The summed E-state index contributed by atoms with van der Waals surface area (Å²) >= 11 is 3.51. The van der Waals surface area contributed by atoms with Crippen molar-refractivity contribution in [2.45, 2.75) is 50.9 Å². The predicted octanol–water partition coefficient (Wildman–Crippen LogP) is 4.92. The molecule has 0 bridgehead atoms. The predicted molar refractivity (Wildman–Crippen MR) is 87.7 cm³/mol. The molecule has 1 atom stereocenters. The van der Waals surface area contributed by atoms with Gasteiger partial charge in [0.1, 0.15) is 5.82 Å². The number of rotatable bonds is 4. The lowest BCUT2D eigenvalue weighted by Crippen LogP contribution is -2.33. The number of hydrogen-bond acceptors (Lipinski definition) is 1. The minimum absolute atomic E-state index is 0.0971. The first kappa shape index (κ1) is 15.5. The molecule has 1 heterocycles. The van der Waals surface area contributed by atoms with E-state index in [2.05, 4.69) is 27.8 Å². The van der Waals surface area contributed by atoms with E-state index in [0.29, 0.717) is 5.52 Å². The third-order valence-corrected chi connectivity index (χ3v) is 5.45. The Bertz CT molecular complexity index is 740. The summed E-state index contributed by atoms with van der Waals surface area (Å²) in [7, 11) is 0. The number of aliphatic carboxylic acids is 1. The van der Waals surface area contributed by atoms with Gasteiger partial charge in [0, 0.05) is 21.0 Å². The fourth-order valence-corrected chi connectivity index (χ4v) is 4.58. The van der Waals surface area contributed by atoms with Crippen LogP contribution in [0.4, 0.5) is 4.39 Å². The highest BCUT2D eigenvalue weighted by molar-refractivity contribution is 9.10. The molecule has 3 nitrogen and oxygen atoms in total. The van der Waals surface area contributed by atoms with Crippen LogP contribution in [0.2, 0.25) is 0 Å². The van der Waals surface area contributed by atoms with Gasteiger partial charge in [-0.25, -0.2) is 4.39 Å². The van der Waals surface area contributed by atoms with Gasteiger partial charge in [-0.05, 0) is 43.4 Å². The van der Waals surface area contributed by atoms with Crippen molar-refractivity contribution < 1.29 is 14.3 Å². The molecule has 3 rings (SSSR count). The highest BCUT2D eigenvalue weighted by Gasteiger charge is 2.40. The summed E-state index contributed by atoms with van der Waals surface area (Å²) in [5.74, 6) is -1.08. The minimum atomic E-state index is -0.792. The van der Waals surface area contributed by atoms with Crippen LogP contribution in [0, 0.1) is 5.82 Å². The van der Waals surface area contributed by atoms with Gasteiger partial charge in [0.05, 0.1) is 11.9 Å². The first-order valence-electron chi connectivity index (χ1n) is 7.69. The summed E-state index contributed by atoms with van der Waals surface area (Å²) in [6.07, 6.45) is 4.45. The Morgan fingerprint density at radius 2 is 2.27 bits per heavy atom. The fraction of sp³-hybridized carbons (Fsp3) is 0.471. The van der Waals surface area contributed by atoms with E-state index >= 15 is 0 Å². The van der Waals surface area contributed by atoms with Crippen LogP contribution in [0.3, 0.4) is 0 Å². The molecule has 0 saturated carbocycles. The zero-order valence-corrected chi connectivity index (χ0v) is 14.1.